The van der Waals surface area contributed by atoms with E-state index in [4.69, 9.17) is 0 Å². The van der Waals surface area contributed by atoms with E-state index < -0.39 is 0 Å². The van der Waals surface area contributed by atoms with E-state index >= 15 is 0 Å². The molecule has 58 valence electrons. The highest BCUT2D eigenvalue weighted by Gasteiger charge is 2.20. The van der Waals surface area contributed by atoms with Gasteiger partial charge in [-0.05, 0) is 0 Å². The van der Waals surface area contributed by atoms with Crippen molar-refractivity contribution in [2.75, 3.05) is 7.05 Å². The molecule has 2 heterocycles. The summed E-state index contributed by atoms with van der Waals surface area (Å²) >= 11 is 0. The van der Waals surface area contributed by atoms with Gasteiger partial charge < -0.3 is 15.3 Å². The lowest BCUT2D eigenvalue weighted by Gasteiger charge is -2.22. The minimum absolute atomic E-state index is 0.117. The Morgan fingerprint density at radius 2 is 2.36 bits per heavy atom. The second-order valence-electron chi connectivity index (χ2n) is 2.37. The van der Waals surface area contributed by atoms with Crippen molar-refractivity contribution in [2.45, 2.75) is 0 Å². The average molecular weight is 152 g/mol. The number of hydrazone groups is 1. The molecule has 0 aromatic rings. The fourth-order valence-corrected chi connectivity index (χ4v) is 1.02. The van der Waals surface area contributed by atoms with Crippen molar-refractivity contribution >= 4 is 6.34 Å². The average Bonchev–Trinajstić information content (AvgIpc) is 2.34. The second kappa shape index (κ2) is 1.91. The van der Waals surface area contributed by atoms with E-state index in [0.717, 1.165) is 5.82 Å². The van der Waals surface area contributed by atoms with Gasteiger partial charge in [-0.2, -0.15) is 10.1 Å². The van der Waals surface area contributed by atoms with E-state index in [1.807, 2.05) is 13.2 Å². The third-order valence-electron chi connectivity index (χ3n) is 1.48. The van der Waals surface area contributed by atoms with Crippen LogP contribution in [0.2, 0.25) is 0 Å². The first-order valence-corrected chi connectivity index (χ1v) is 3.21. The number of nitrogens with zero attached hydrogens (tertiary/aromatic N) is 3. The van der Waals surface area contributed by atoms with E-state index in [9.17, 15) is 5.11 Å². The Morgan fingerprint density at radius 3 is 3.18 bits per heavy atom. The normalized spacial score (nSPS) is 20.8. The molecule has 5 nitrogen and oxygen atoms in total. The van der Waals surface area contributed by atoms with Gasteiger partial charge in [0.15, 0.2) is 5.82 Å². The molecular formula is C6H8N4O. The smallest absolute Gasteiger partial charge is 0.230 e. The Morgan fingerprint density at radius 1 is 1.55 bits per heavy atom. The zero-order valence-corrected chi connectivity index (χ0v) is 6.02. The van der Waals surface area contributed by atoms with Gasteiger partial charge >= 0.3 is 0 Å². The zero-order valence-electron chi connectivity index (χ0n) is 6.02. The molecule has 0 atom stereocenters. The van der Waals surface area contributed by atoms with E-state index in [2.05, 4.69) is 10.4 Å². The molecule has 2 aliphatic heterocycles. The Kier molecular flexibility index (Phi) is 1.06. The Labute approximate surface area is 63.9 Å². The van der Waals surface area contributed by atoms with Crippen molar-refractivity contribution in [1.82, 2.24) is 15.2 Å². The van der Waals surface area contributed by atoms with Gasteiger partial charge in [0.2, 0.25) is 5.88 Å². The van der Waals surface area contributed by atoms with Crippen LogP contribution >= 0.6 is 0 Å². The molecule has 2 N–H and O–H groups in total. The van der Waals surface area contributed by atoms with Gasteiger partial charge in [-0.15, -0.1) is 0 Å². The monoisotopic (exact) mass is 152 g/mol. The van der Waals surface area contributed by atoms with Gasteiger partial charge in [-0.3, -0.25) is 0 Å². The maximum atomic E-state index is 9.30. The molecule has 0 aromatic heterocycles. The molecule has 0 fully saturated rings. The predicted molar refractivity (Wildman–Crippen MR) is 40.0 cm³/mol. The summed E-state index contributed by atoms with van der Waals surface area (Å²) in [6, 6.07) is 0. The maximum absolute atomic E-state index is 9.30. The summed E-state index contributed by atoms with van der Waals surface area (Å²) in [5.74, 6) is 0.874. The van der Waals surface area contributed by atoms with Gasteiger partial charge in [0, 0.05) is 13.2 Å². The van der Waals surface area contributed by atoms with E-state index in [1.165, 1.54) is 11.3 Å². The number of hydrogen-bond acceptors (Lipinski definition) is 5. The number of aliphatic hydroxyl groups is 1. The fourth-order valence-electron chi connectivity index (χ4n) is 1.02. The highest BCUT2D eigenvalue weighted by molar-refractivity contribution is 5.60. The molecule has 2 aliphatic rings. The number of fused-ring (bicyclic) bond motifs is 1. The number of hydrogen-bond donors (Lipinski definition) is 2. The minimum Gasteiger partial charge on any atom is -0.492 e. The summed E-state index contributed by atoms with van der Waals surface area (Å²) < 4.78 is 0. The Bertz CT molecular complexity index is 268. The molecule has 0 unspecified atom stereocenters. The van der Waals surface area contributed by atoms with Crippen LogP contribution in [0.25, 0.3) is 0 Å². The summed E-state index contributed by atoms with van der Waals surface area (Å²) in [6.45, 7) is 0. The molecule has 0 aliphatic carbocycles. The molecule has 0 saturated carbocycles. The summed E-state index contributed by atoms with van der Waals surface area (Å²) in [6.07, 6.45) is 4.93. The lowest BCUT2D eigenvalue weighted by Crippen LogP contribution is -2.26. The largest absolute Gasteiger partial charge is 0.492 e. The molecular weight excluding hydrogens is 144 g/mol. The van der Waals surface area contributed by atoms with Crippen LogP contribution in [-0.2, 0) is 0 Å². The quantitative estimate of drug-likeness (QED) is 0.510. The molecule has 11 heavy (non-hydrogen) atoms. The van der Waals surface area contributed by atoms with E-state index in [-0.39, 0.29) is 5.88 Å². The fraction of sp³-hybridized carbons (Fsp3) is 0.167. The van der Waals surface area contributed by atoms with Gasteiger partial charge in [0.25, 0.3) is 0 Å². The SMILES string of the molecule is CN1C=C(O)N2N=CNC2=C1. The number of nitrogens with one attached hydrogen (secondary N) is 1. The van der Waals surface area contributed by atoms with Crippen LogP contribution in [-0.4, -0.2) is 28.4 Å². The highest BCUT2D eigenvalue weighted by Crippen LogP contribution is 2.17. The van der Waals surface area contributed by atoms with Gasteiger partial charge in [-0.1, -0.05) is 0 Å². The Balaban J connectivity index is 2.34. The third kappa shape index (κ3) is 0.813. The summed E-state index contributed by atoms with van der Waals surface area (Å²) in [5.41, 5.74) is 0. The minimum atomic E-state index is 0.117. The van der Waals surface area contributed by atoms with E-state index in [0.29, 0.717) is 0 Å². The van der Waals surface area contributed by atoms with Crippen LogP contribution in [0, 0.1) is 0 Å². The first-order valence-electron chi connectivity index (χ1n) is 3.21. The van der Waals surface area contributed by atoms with Crippen LogP contribution < -0.4 is 5.32 Å². The van der Waals surface area contributed by atoms with Crippen LogP contribution in [0.4, 0.5) is 0 Å². The molecule has 0 spiro atoms. The molecule has 0 aromatic carbocycles. The molecule has 0 saturated heterocycles. The topological polar surface area (TPSA) is 51.1 Å². The van der Waals surface area contributed by atoms with Crippen molar-refractivity contribution < 1.29 is 5.11 Å². The standard InChI is InChI=1S/C6H8N4O/c1-9-2-5-7-4-8-10(5)6(11)3-9/h2-4,11H,1H3,(H,7,8). The number of rotatable bonds is 0. The molecule has 5 heteroatoms. The molecule has 0 radical (unpaired) electrons. The highest BCUT2D eigenvalue weighted by atomic mass is 16.3. The van der Waals surface area contributed by atoms with Crippen LogP contribution in [0.5, 0.6) is 0 Å². The van der Waals surface area contributed by atoms with E-state index in [1.54, 1.807) is 11.1 Å². The van der Waals surface area contributed by atoms with Crippen molar-refractivity contribution in [3.8, 4) is 0 Å². The summed E-state index contributed by atoms with van der Waals surface area (Å²) in [7, 11) is 1.83. The molecule has 0 bridgehead atoms. The summed E-state index contributed by atoms with van der Waals surface area (Å²) in [4.78, 5) is 1.75. The van der Waals surface area contributed by atoms with Crippen molar-refractivity contribution in [3.63, 3.8) is 0 Å². The first-order chi connectivity index (χ1) is 5.27. The lowest BCUT2D eigenvalue weighted by atomic mass is 10.5. The summed E-state index contributed by atoms with van der Waals surface area (Å²) in [5, 5.41) is 17.4. The lowest BCUT2D eigenvalue weighted by molar-refractivity contribution is 0.226. The van der Waals surface area contributed by atoms with Crippen molar-refractivity contribution in [3.05, 3.63) is 24.1 Å². The van der Waals surface area contributed by atoms with Gasteiger partial charge in [0.05, 0.1) is 6.20 Å². The van der Waals surface area contributed by atoms with Crippen LogP contribution in [0.1, 0.15) is 0 Å². The van der Waals surface area contributed by atoms with Gasteiger partial charge in [0.1, 0.15) is 6.34 Å². The second-order valence-corrected chi connectivity index (χ2v) is 2.37. The van der Waals surface area contributed by atoms with Gasteiger partial charge in [-0.25, -0.2) is 0 Å². The van der Waals surface area contributed by atoms with Crippen LogP contribution in [0.3, 0.4) is 0 Å². The van der Waals surface area contributed by atoms with Crippen molar-refractivity contribution in [2.24, 2.45) is 5.10 Å². The Hall–Kier alpha value is -1.65. The molecule has 0 amide bonds. The third-order valence-corrected chi connectivity index (χ3v) is 1.48. The first kappa shape index (κ1) is 6.09. The predicted octanol–water partition coefficient (Wildman–Crippen LogP) is -0.0639. The van der Waals surface area contributed by atoms with Crippen LogP contribution in [0.15, 0.2) is 29.2 Å². The zero-order chi connectivity index (χ0) is 7.84. The van der Waals surface area contributed by atoms with Crippen molar-refractivity contribution in [1.29, 1.82) is 0 Å². The number of aliphatic hydroxyl groups excluding tert-OH is 1. The maximum Gasteiger partial charge on any atom is 0.230 e. The molecule has 2 rings (SSSR count).